The maximum Gasteiger partial charge on any atom is 1.00 e. The first-order chi connectivity index (χ1) is 11.8. The molecule has 27 heavy (non-hydrogen) atoms. The summed E-state index contributed by atoms with van der Waals surface area (Å²) in [5, 5.41) is 8.51. The van der Waals surface area contributed by atoms with Gasteiger partial charge in [0.1, 0.15) is 0 Å². The third-order valence-electron chi connectivity index (χ3n) is 3.65. The van der Waals surface area contributed by atoms with E-state index in [0.717, 1.165) is 12.8 Å². The van der Waals surface area contributed by atoms with Crippen molar-refractivity contribution >= 4 is 16.4 Å². The van der Waals surface area contributed by atoms with E-state index in [-0.39, 0.29) is 62.0 Å². The van der Waals surface area contributed by atoms with Gasteiger partial charge in [0, 0.05) is 6.42 Å². The van der Waals surface area contributed by atoms with E-state index in [9.17, 15) is 4.79 Å². The molecule has 0 saturated heterocycles. The van der Waals surface area contributed by atoms with Crippen molar-refractivity contribution < 1.29 is 89.4 Å². The topological polar surface area (TPSA) is 112 Å². The monoisotopic (exact) mass is 428 g/mol. The molecule has 0 aromatic rings. The van der Waals surface area contributed by atoms with Crippen molar-refractivity contribution in [1.82, 2.24) is 0 Å². The molecule has 0 radical (unpaired) electrons. The van der Waals surface area contributed by atoms with Gasteiger partial charge in [-0.1, -0.05) is 70.4 Å². The van der Waals surface area contributed by atoms with Gasteiger partial charge in [-0.15, -0.1) is 0 Å². The van der Waals surface area contributed by atoms with E-state index in [1.54, 1.807) is 0 Å². The van der Waals surface area contributed by atoms with Gasteiger partial charge < -0.3 is 7.96 Å². The number of hydrogen-bond donors (Lipinski definition) is 3. The second-order valence-corrected chi connectivity index (χ2v) is 7.07. The fraction of sp³-hybridized carbons (Fsp3) is 0.833. The summed E-state index contributed by atoms with van der Waals surface area (Å²) in [6.45, 7) is 2.26. The third kappa shape index (κ3) is 52.1. The van der Waals surface area contributed by atoms with E-state index >= 15 is 0 Å². The summed E-state index contributed by atoms with van der Waals surface area (Å²) in [6.07, 6.45) is 21.2. The first kappa shape index (κ1) is 35.5. The number of allylic oxidation sites excluding steroid dienone is 2. The number of rotatable bonds is 15. The Bertz CT molecular complexity index is 430. The van der Waals surface area contributed by atoms with Gasteiger partial charge in [-0.3, -0.25) is 13.9 Å². The molecule has 0 atom stereocenters. The molecule has 0 unspecified atom stereocenters. The molecule has 0 amide bonds. The average Bonchev–Trinajstić information content (AvgIpc) is 2.49. The minimum absolute atomic E-state index is 0. The number of unbranched alkanes of at least 4 members (excludes halogenated alkanes) is 11. The van der Waals surface area contributed by atoms with Gasteiger partial charge in [0.15, 0.2) is 0 Å². The first-order valence-electron chi connectivity index (χ1n) is 9.34. The third-order valence-corrected chi connectivity index (χ3v) is 3.65. The molecule has 0 aliphatic rings. The summed E-state index contributed by atoms with van der Waals surface area (Å²) in [6, 6.07) is 0. The number of hydrogen-bond acceptors (Lipinski definition) is 3. The van der Waals surface area contributed by atoms with Crippen LogP contribution in [0.25, 0.3) is 0 Å². The van der Waals surface area contributed by atoms with Crippen molar-refractivity contribution in [3.8, 4) is 0 Å². The number of carboxylic acid groups (broad SMARTS) is 1. The summed E-state index contributed by atoms with van der Waals surface area (Å²) in [5.74, 6) is -0.664. The maximum atomic E-state index is 10.3. The van der Waals surface area contributed by atoms with Crippen LogP contribution < -0.4 is 59.1 Å². The van der Waals surface area contributed by atoms with Crippen molar-refractivity contribution in [3.63, 3.8) is 0 Å². The van der Waals surface area contributed by atoms with Gasteiger partial charge in [0.05, 0.1) is 0 Å². The predicted octanol–water partition coefficient (Wildman–Crippen LogP) is -0.311. The smallest absolute Gasteiger partial charge is 1.00 e. The predicted molar refractivity (Wildman–Crippen MR) is 103 cm³/mol. The van der Waals surface area contributed by atoms with Crippen LogP contribution in [0.3, 0.4) is 0 Å². The largest absolute Gasteiger partial charge is 1.00 e. The van der Waals surface area contributed by atoms with Crippen LogP contribution in [0.15, 0.2) is 12.2 Å². The van der Waals surface area contributed by atoms with E-state index in [1.165, 1.54) is 70.6 Å². The molecule has 0 saturated carbocycles. The second kappa shape index (κ2) is 27.1. The van der Waals surface area contributed by atoms with Crippen LogP contribution in [-0.4, -0.2) is 28.6 Å². The van der Waals surface area contributed by atoms with E-state index < -0.39 is 16.4 Å². The maximum absolute atomic E-state index is 10.3. The Hall–Kier alpha value is 1.08. The van der Waals surface area contributed by atoms with Crippen LogP contribution in [0.5, 0.6) is 0 Å². The number of carboxylic acids is 1. The molecule has 0 aromatic heterocycles. The Morgan fingerprint density at radius 1 is 0.778 bits per heavy atom. The molecule has 6 nitrogen and oxygen atoms in total. The molecule has 0 bridgehead atoms. The molecular formula is C18H38Na2O6S. The van der Waals surface area contributed by atoms with Gasteiger partial charge in [-0.2, -0.15) is 8.42 Å². The quantitative estimate of drug-likeness (QED) is 0.143. The van der Waals surface area contributed by atoms with E-state index in [0.29, 0.717) is 6.42 Å². The Labute approximate surface area is 213 Å². The van der Waals surface area contributed by atoms with Crippen molar-refractivity contribution in [1.29, 1.82) is 0 Å². The molecule has 0 aliphatic heterocycles. The number of aliphatic carboxylic acids is 1. The van der Waals surface area contributed by atoms with Crippen LogP contribution in [0.1, 0.15) is 99.7 Å². The van der Waals surface area contributed by atoms with Crippen LogP contribution >= 0.6 is 0 Å². The Morgan fingerprint density at radius 2 is 1.11 bits per heavy atom. The molecule has 0 fully saturated rings. The first-order valence-corrected chi connectivity index (χ1v) is 10.7. The van der Waals surface area contributed by atoms with Crippen molar-refractivity contribution in [2.45, 2.75) is 96.8 Å². The zero-order valence-electron chi connectivity index (χ0n) is 19.5. The van der Waals surface area contributed by atoms with E-state index in [4.69, 9.17) is 22.6 Å². The van der Waals surface area contributed by atoms with Crippen molar-refractivity contribution in [2.24, 2.45) is 0 Å². The van der Waals surface area contributed by atoms with Crippen LogP contribution in [0, 0.1) is 0 Å². The summed E-state index contributed by atoms with van der Waals surface area (Å²) in [5.41, 5.74) is 0. The molecule has 0 heterocycles. The fourth-order valence-corrected chi connectivity index (χ4v) is 2.35. The minimum atomic E-state index is -4.67. The fourth-order valence-electron chi connectivity index (χ4n) is 2.35. The Balaban J connectivity index is -0.000000131. The molecule has 0 aromatic carbocycles. The molecular weight excluding hydrogens is 390 g/mol. The van der Waals surface area contributed by atoms with Crippen LogP contribution in [-0.2, 0) is 15.2 Å². The molecule has 0 aliphatic carbocycles. The van der Waals surface area contributed by atoms with Crippen molar-refractivity contribution in [3.05, 3.63) is 12.2 Å². The molecule has 0 rings (SSSR count). The Kier molecular flexibility index (Phi) is 35.6. The van der Waals surface area contributed by atoms with E-state index in [1.807, 2.05) is 0 Å². The van der Waals surface area contributed by atoms with Gasteiger partial charge >= 0.3 is 75.5 Å². The summed E-state index contributed by atoms with van der Waals surface area (Å²) < 4.78 is 31.6. The second-order valence-electron chi connectivity index (χ2n) is 6.18. The molecule has 154 valence electrons. The van der Waals surface area contributed by atoms with Crippen molar-refractivity contribution in [2.75, 3.05) is 0 Å². The normalized spacial score (nSPS) is 10.5. The molecule has 0 spiro atoms. The molecule has 3 N–H and O–H groups in total. The van der Waals surface area contributed by atoms with Gasteiger partial charge in [-0.25, -0.2) is 0 Å². The van der Waals surface area contributed by atoms with Gasteiger partial charge in [0.2, 0.25) is 0 Å². The zero-order chi connectivity index (χ0) is 19.4. The minimum Gasteiger partial charge on any atom is -1.00 e. The Morgan fingerprint density at radius 3 is 1.48 bits per heavy atom. The van der Waals surface area contributed by atoms with E-state index in [2.05, 4.69) is 19.1 Å². The van der Waals surface area contributed by atoms with Crippen LogP contribution in [0.2, 0.25) is 0 Å². The SMILES string of the molecule is CCCCCCCC/C=C\CCCCCCCC(=O)O.O=S(=O)(O)O.[H-].[H-].[Na+].[Na+]. The summed E-state index contributed by atoms with van der Waals surface area (Å²) in [7, 11) is -4.67. The zero-order valence-corrected chi connectivity index (χ0v) is 22.3. The van der Waals surface area contributed by atoms with Crippen LogP contribution in [0.4, 0.5) is 0 Å². The average molecular weight is 429 g/mol. The number of carbonyl (C=O) groups is 1. The summed E-state index contributed by atoms with van der Waals surface area (Å²) >= 11 is 0. The van der Waals surface area contributed by atoms with Gasteiger partial charge in [-0.05, 0) is 32.1 Å². The summed E-state index contributed by atoms with van der Waals surface area (Å²) in [4.78, 5) is 10.3. The standard InChI is InChI=1S/C18H34O2.2Na.H2O4S.2H/c1-2-3-4-5-6-7-8-9-10-11-12-13-14-15-16-17-18(19)20;;;1-5(2,3)4;;/h9-10H,2-8,11-17H2,1H3,(H,19,20);;;(H2,1,2,3,4);;/q;2*+1;;2*-1/b10-9-;;;;;. The van der Waals surface area contributed by atoms with Gasteiger partial charge in [0.25, 0.3) is 0 Å². The molecule has 9 heteroatoms.